The normalized spacial score (nSPS) is 18.8. The minimum atomic E-state index is 0.0246. The lowest BCUT2D eigenvalue weighted by atomic mass is 10.00. The molecule has 1 aliphatic rings. The molecule has 3 heteroatoms. The van der Waals surface area contributed by atoms with Crippen molar-refractivity contribution >= 4 is 22.1 Å². The van der Waals surface area contributed by atoms with Crippen LogP contribution < -0.4 is 0 Å². The second kappa shape index (κ2) is 2.66. The molecule has 0 aliphatic heterocycles. The Balaban J connectivity index is 2.40. The van der Waals surface area contributed by atoms with E-state index in [1.54, 1.807) is 6.20 Å². The van der Waals surface area contributed by atoms with E-state index >= 15 is 0 Å². The highest BCUT2D eigenvalue weighted by Crippen LogP contribution is 2.46. The molecule has 12 heavy (non-hydrogen) atoms. The molecule has 1 N–H and O–H groups in total. The lowest BCUT2D eigenvalue weighted by Crippen LogP contribution is -2.07. The number of halogens is 1. The average molecular weight is 225 g/mol. The summed E-state index contributed by atoms with van der Waals surface area (Å²) in [5.41, 5.74) is 1.18. The van der Waals surface area contributed by atoms with E-state index in [4.69, 9.17) is 5.41 Å². The maximum absolute atomic E-state index is 7.31. The molecule has 2 nitrogen and oxygen atoms in total. The summed E-state index contributed by atoms with van der Waals surface area (Å²) in [6, 6.07) is 2.05. The second-order valence-corrected chi connectivity index (χ2v) is 4.11. The van der Waals surface area contributed by atoms with Crippen molar-refractivity contribution in [3.05, 3.63) is 28.5 Å². The van der Waals surface area contributed by atoms with Crippen molar-refractivity contribution in [2.45, 2.75) is 18.3 Å². The summed E-state index contributed by atoms with van der Waals surface area (Å²) in [4.78, 5) is 4.09. The van der Waals surface area contributed by atoms with Crippen LogP contribution in [0.5, 0.6) is 0 Å². The van der Waals surface area contributed by atoms with Crippen molar-refractivity contribution in [1.82, 2.24) is 4.98 Å². The van der Waals surface area contributed by atoms with E-state index in [0.717, 1.165) is 22.9 Å². The van der Waals surface area contributed by atoms with Gasteiger partial charge in [0.15, 0.2) is 0 Å². The first-order chi connectivity index (χ1) is 5.77. The quantitative estimate of drug-likeness (QED) is 0.771. The molecule has 0 spiro atoms. The molecule has 0 aromatic carbocycles. The molecule has 62 valence electrons. The number of hydrogen-bond acceptors (Lipinski definition) is 2. The average Bonchev–Trinajstić information content (AvgIpc) is 2.84. The summed E-state index contributed by atoms with van der Waals surface area (Å²) in [5, 5.41) is 7.31. The van der Waals surface area contributed by atoms with Gasteiger partial charge in [0.05, 0.1) is 0 Å². The van der Waals surface area contributed by atoms with Crippen molar-refractivity contribution in [3.63, 3.8) is 0 Å². The van der Waals surface area contributed by atoms with E-state index in [2.05, 4.69) is 20.9 Å². The number of hydrogen-bond donors (Lipinski definition) is 1. The predicted molar refractivity (Wildman–Crippen MR) is 51.6 cm³/mol. The summed E-state index contributed by atoms with van der Waals surface area (Å²) in [6.07, 6.45) is 7.34. The summed E-state index contributed by atoms with van der Waals surface area (Å²) in [7, 11) is 0. The monoisotopic (exact) mass is 224 g/mol. The van der Waals surface area contributed by atoms with Crippen LogP contribution in [-0.2, 0) is 5.41 Å². The minimum Gasteiger partial charge on any atom is -0.312 e. The Morgan fingerprint density at radius 1 is 1.50 bits per heavy atom. The van der Waals surface area contributed by atoms with Gasteiger partial charge in [-0.05, 0) is 40.4 Å². The molecule has 0 bridgehead atoms. The first kappa shape index (κ1) is 7.92. The molecule has 1 saturated carbocycles. The van der Waals surface area contributed by atoms with E-state index in [1.165, 1.54) is 6.21 Å². The highest BCUT2D eigenvalue weighted by molar-refractivity contribution is 9.10. The second-order valence-electron chi connectivity index (χ2n) is 3.19. The lowest BCUT2D eigenvalue weighted by molar-refractivity contribution is 0.947. The van der Waals surface area contributed by atoms with Crippen LogP contribution in [0.4, 0.5) is 0 Å². The van der Waals surface area contributed by atoms with Crippen LogP contribution in [0.15, 0.2) is 22.9 Å². The van der Waals surface area contributed by atoms with Gasteiger partial charge in [0.25, 0.3) is 0 Å². The van der Waals surface area contributed by atoms with Gasteiger partial charge >= 0.3 is 0 Å². The maximum Gasteiger partial charge on any atom is 0.0410 e. The molecule has 0 saturated heterocycles. The van der Waals surface area contributed by atoms with Crippen LogP contribution in [0.25, 0.3) is 0 Å². The fourth-order valence-electron chi connectivity index (χ4n) is 1.34. The van der Waals surface area contributed by atoms with Crippen molar-refractivity contribution < 1.29 is 0 Å². The Hall–Kier alpha value is -0.700. The Bertz CT molecular complexity index is 318. The van der Waals surface area contributed by atoms with Gasteiger partial charge in [0.1, 0.15) is 0 Å². The Morgan fingerprint density at radius 3 is 2.75 bits per heavy atom. The molecule has 0 unspecified atom stereocenters. The third-order valence-electron chi connectivity index (χ3n) is 2.34. The minimum absolute atomic E-state index is 0.0246. The van der Waals surface area contributed by atoms with Crippen LogP contribution >= 0.6 is 15.9 Å². The van der Waals surface area contributed by atoms with E-state index in [9.17, 15) is 0 Å². The zero-order chi connectivity index (χ0) is 8.60. The maximum atomic E-state index is 7.31. The zero-order valence-corrected chi connectivity index (χ0v) is 8.13. The van der Waals surface area contributed by atoms with Gasteiger partial charge in [-0.2, -0.15) is 0 Å². The van der Waals surface area contributed by atoms with Gasteiger partial charge in [-0.1, -0.05) is 0 Å². The molecule has 2 rings (SSSR count). The van der Waals surface area contributed by atoms with Crippen LogP contribution in [0, 0.1) is 5.41 Å². The van der Waals surface area contributed by atoms with Gasteiger partial charge in [-0.25, -0.2) is 0 Å². The van der Waals surface area contributed by atoms with Crippen LogP contribution in [0.1, 0.15) is 18.4 Å². The first-order valence-corrected chi connectivity index (χ1v) is 4.69. The van der Waals surface area contributed by atoms with Gasteiger partial charge in [0, 0.05) is 28.5 Å². The van der Waals surface area contributed by atoms with Crippen molar-refractivity contribution in [2.75, 3.05) is 0 Å². The first-order valence-electron chi connectivity index (χ1n) is 3.89. The zero-order valence-electron chi connectivity index (χ0n) is 6.55. The molecule has 1 aromatic heterocycles. The van der Waals surface area contributed by atoms with Gasteiger partial charge in [-0.3, -0.25) is 4.98 Å². The molecule has 0 amide bonds. The summed E-state index contributed by atoms with van der Waals surface area (Å²) in [5.74, 6) is 0. The van der Waals surface area contributed by atoms with E-state index in [0.29, 0.717) is 0 Å². The lowest BCUT2D eigenvalue weighted by Gasteiger charge is -2.07. The molecule has 1 aliphatic carbocycles. The summed E-state index contributed by atoms with van der Waals surface area (Å²) in [6.45, 7) is 0. The number of rotatable bonds is 2. The largest absolute Gasteiger partial charge is 0.312 e. The molecule has 1 aromatic rings. The number of nitrogens with zero attached hydrogens (tertiary/aromatic N) is 1. The predicted octanol–water partition coefficient (Wildman–Crippen LogP) is 2.53. The molecule has 1 fully saturated rings. The molecular formula is C9H9BrN2. The van der Waals surface area contributed by atoms with Crippen molar-refractivity contribution in [1.29, 1.82) is 5.41 Å². The highest BCUT2D eigenvalue weighted by atomic mass is 79.9. The molecule has 1 heterocycles. The van der Waals surface area contributed by atoms with Gasteiger partial charge in [0.2, 0.25) is 0 Å². The van der Waals surface area contributed by atoms with Gasteiger partial charge < -0.3 is 5.41 Å². The molecule has 0 radical (unpaired) electrons. The highest BCUT2D eigenvalue weighted by Gasteiger charge is 2.42. The summed E-state index contributed by atoms with van der Waals surface area (Å²) < 4.78 is 0.994. The molecular weight excluding hydrogens is 216 g/mol. The Morgan fingerprint density at radius 2 is 2.25 bits per heavy atom. The topological polar surface area (TPSA) is 36.7 Å². The number of aromatic nitrogens is 1. The number of nitrogens with one attached hydrogen (secondary N) is 1. The van der Waals surface area contributed by atoms with E-state index < -0.39 is 0 Å². The van der Waals surface area contributed by atoms with Crippen molar-refractivity contribution in [2.24, 2.45) is 0 Å². The summed E-state index contributed by atoms with van der Waals surface area (Å²) >= 11 is 3.37. The SMILES string of the molecule is N=CC1(c2cncc(Br)c2)CC1. The fraction of sp³-hybridized carbons (Fsp3) is 0.333. The number of pyridine rings is 1. The third kappa shape index (κ3) is 1.18. The van der Waals surface area contributed by atoms with E-state index in [1.807, 2.05) is 12.3 Å². The Labute approximate surface area is 79.7 Å². The van der Waals surface area contributed by atoms with Gasteiger partial charge in [-0.15, -0.1) is 0 Å². The Kier molecular flexibility index (Phi) is 1.76. The van der Waals surface area contributed by atoms with E-state index in [-0.39, 0.29) is 5.41 Å². The smallest absolute Gasteiger partial charge is 0.0410 e. The molecule has 0 atom stereocenters. The van der Waals surface area contributed by atoms with Crippen LogP contribution in [0.2, 0.25) is 0 Å². The van der Waals surface area contributed by atoms with Crippen LogP contribution in [-0.4, -0.2) is 11.2 Å². The van der Waals surface area contributed by atoms with Crippen LogP contribution in [0.3, 0.4) is 0 Å². The third-order valence-corrected chi connectivity index (χ3v) is 2.78. The van der Waals surface area contributed by atoms with Crippen molar-refractivity contribution in [3.8, 4) is 0 Å². The fourth-order valence-corrected chi connectivity index (χ4v) is 1.70. The standard InChI is InChI=1S/C9H9BrN2/c10-8-3-7(4-12-5-8)9(6-11)1-2-9/h3-6,11H,1-2H2.